The van der Waals surface area contributed by atoms with Crippen LogP contribution in [0.25, 0.3) is 22.2 Å². The molecule has 1 aliphatic rings. The Balaban J connectivity index is 1.65. The van der Waals surface area contributed by atoms with Crippen molar-refractivity contribution in [2.45, 2.75) is 59.5 Å². The minimum absolute atomic E-state index is 0.0321. The third-order valence-corrected chi connectivity index (χ3v) is 6.81. The zero-order valence-corrected chi connectivity index (χ0v) is 21.3. The van der Waals surface area contributed by atoms with Crippen LogP contribution in [0.1, 0.15) is 56.4 Å². The minimum atomic E-state index is -0.494. The number of imidazole rings is 1. The monoisotopic (exact) mass is 490 g/mol. The Morgan fingerprint density at radius 3 is 2.67 bits per heavy atom. The van der Waals surface area contributed by atoms with Crippen molar-refractivity contribution in [1.29, 1.82) is 0 Å². The smallest absolute Gasteiger partial charge is 0.227 e. The van der Waals surface area contributed by atoms with Crippen LogP contribution in [0.5, 0.6) is 5.75 Å². The minimum Gasteiger partial charge on any atom is -0.494 e. The highest BCUT2D eigenvalue weighted by Crippen LogP contribution is 2.39. The summed E-state index contributed by atoms with van der Waals surface area (Å²) in [5.74, 6) is 1.58. The van der Waals surface area contributed by atoms with Gasteiger partial charge in [-0.3, -0.25) is 4.79 Å². The van der Waals surface area contributed by atoms with Gasteiger partial charge in [0.15, 0.2) is 11.6 Å². The van der Waals surface area contributed by atoms with Gasteiger partial charge in [-0.25, -0.2) is 9.37 Å². The number of halogens is 1. The summed E-state index contributed by atoms with van der Waals surface area (Å²) in [5, 5.41) is 4.10. The maximum absolute atomic E-state index is 14.6. The van der Waals surface area contributed by atoms with Crippen molar-refractivity contribution < 1.29 is 18.4 Å². The number of hydrogen-bond donors (Lipinski definition) is 0. The molecule has 0 saturated carbocycles. The Hall–Kier alpha value is -3.68. The maximum atomic E-state index is 14.6. The number of hydrogen-bond acceptors (Lipinski definition) is 5. The van der Waals surface area contributed by atoms with Crippen LogP contribution < -0.4 is 9.64 Å². The number of methoxy groups -OCH3 is 1. The molecule has 4 aromatic rings. The second-order valence-corrected chi connectivity index (χ2v) is 9.87. The zero-order valence-electron chi connectivity index (χ0n) is 21.3. The summed E-state index contributed by atoms with van der Waals surface area (Å²) >= 11 is 0. The Morgan fingerprint density at radius 1 is 1.19 bits per heavy atom. The molecule has 1 atom stereocenters. The number of aromatic nitrogens is 3. The number of nitrogens with zero attached hydrogens (tertiary/aromatic N) is 4. The summed E-state index contributed by atoms with van der Waals surface area (Å²) in [7, 11) is 1.43. The van der Waals surface area contributed by atoms with Gasteiger partial charge in [0, 0.05) is 30.3 Å². The van der Waals surface area contributed by atoms with Gasteiger partial charge >= 0.3 is 0 Å². The van der Waals surface area contributed by atoms with Gasteiger partial charge in [0.1, 0.15) is 11.6 Å². The Morgan fingerprint density at radius 2 is 2.00 bits per heavy atom. The number of carbonyl (C=O) groups is 1. The maximum Gasteiger partial charge on any atom is 0.227 e. The first-order chi connectivity index (χ1) is 17.3. The molecule has 0 unspecified atom stereocenters. The lowest BCUT2D eigenvalue weighted by Crippen LogP contribution is -2.39. The Labute approximate surface area is 209 Å². The van der Waals surface area contributed by atoms with Crippen molar-refractivity contribution in [3.05, 3.63) is 59.5 Å². The van der Waals surface area contributed by atoms with E-state index in [1.807, 2.05) is 13.8 Å². The molecule has 0 radical (unpaired) electrons. The molecule has 0 N–H and O–H groups in total. The fraction of sp³-hybridized carbons (Fsp3) is 0.393. The fourth-order valence-corrected chi connectivity index (χ4v) is 5.25. The molecule has 2 aromatic heterocycles. The molecular weight excluding hydrogens is 459 g/mol. The van der Waals surface area contributed by atoms with E-state index in [4.69, 9.17) is 14.2 Å². The molecule has 0 bridgehead atoms. The molecule has 1 amide bonds. The first kappa shape index (κ1) is 24.0. The van der Waals surface area contributed by atoms with Gasteiger partial charge in [0.2, 0.25) is 5.91 Å². The topological polar surface area (TPSA) is 73.4 Å². The average Bonchev–Trinajstić information content (AvgIpc) is 3.37. The lowest BCUT2D eigenvalue weighted by molar-refractivity contribution is -0.120. The van der Waals surface area contributed by atoms with Crippen LogP contribution in [0.3, 0.4) is 0 Å². The number of carbonyl (C=O) groups excluding carboxylic acids is 1. The summed E-state index contributed by atoms with van der Waals surface area (Å²) in [4.78, 5) is 20.0. The van der Waals surface area contributed by atoms with Crippen LogP contribution in [-0.4, -0.2) is 27.7 Å². The summed E-state index contributed by atoms with van der Waals surface area (Å²) in [6, 6.07) is 10.6. The number of amides is 1. The van der Waals surface area contributed by atoms with Crippen molar-refractivity contribution in [2.75, 3.05) is 12.0 Å². The van der Waals surface area contributed by atoms with E-state index in [2.05, 4.69) is 41.8 Å². The van der Waals surface area contributed by atoms with Crippen molar-refractivity contribution in [2.24, 2.45) is 5.92 Å². The standard InChI is InChI=1S/C28H31FN4O3/c1-16(2)15-32-23-11-9-19(27-17(3)31-36-18(27)4)13-22(23)30-28(32)24-7-6-8-26(34)33(24)20-10-12-25(35-5)21(29)14-20/h9-14,16,24H,6-8,15H2,1-5H3/t24-/m0/s1. The van der Waals surface area contributed by atoms with E-state index in [-0.39, 0.29) is 17.7 Å². The van der Waals surface area contributed by atoms with Crippen LogP contribution in [0.2, 0.25) is 0 Å². The summed E-state index contributed by atoms with van der Waals surface area (Å²) < 4.78 is 27.3. The first-order valence-corrected chi connectivity index (χ1v) is 12.4. The molecule has 2 aromatic carbocycles. The van der Waals surface area contributed by atoms with E-state index in [1.54, 1.807) is 17.0 Å². The predicted octanol–water partition coefficient (Wildman–Crippen LogP) is 6.37. The van der Waals surface area contributed by atoms with Gasteiger partial charge in [-0.2, -0.15) is 0 Å². The van der Waals surface area contributed by atoms with Crippen molar-refractivity contribution >= 4 is 22.6 Å². The highest BCUT2D eigenvalue weighted by molar-refractivity contribution is 5.95. The first-order valence-electron chi connectivity index (χ1n) is 12.4. The predicted molar refractivity (Wildman–Crippen MR) is 137 cm³/mol. The van der Waals surface area contributed by atoms with E-state index >= 15 is 0 Å². The van der Waals surface area contributed by atoms with Crippen LogP contribution in [-0.2, 0) is 11.3 Å². The van der Waals surface area contributed by atoms with Gasteiger partial charge in [0.25, 0.3) is 0 Å². The Kier molecular flexibility index (Phi) is 6.28. The third kappa shape index (κ3) is 4.14. The number of aryl methyl sites for hydroxylation is 2. The number of anilines is 1. The number of benzene rings is 2. The third-order valence-electron chi connectivity index (χ3n) is 6.81. The van der Waals surface area contributed by atoms with E-state index in [1.165, 1.54) is 13.2 Å². The molecule has 8 heteroatoms. The average molecular weight is 491 g/mol. The van der Waals surface area contributed by atoms with Gasteiger partial charge in [-0.15, -0.1) is 0 Å². The molecule has 1 fully saturated rings. The summed E-state index contributed by atoms with van der Waals surface area (Å²) in [5.41, 5.74) is 5.17. The van der Waals surface area contributed by atoms with Crippen LogP contribution in [0.15, 0.2) is 40.9 Å². The highest BCUT2D eigenvalue weighted by atomic mass is 19.1. The van der Waals surface area contributed by atoms with Crippen molar-refractivity contribution in [3.63, 3.8) is 0 Å². The van der Waals surface area contributed by atoms with Crippen molar-refractivity contribution in [1.82, 2.24) is 14.7 Å². The normalized spacial score (nSPS) is 16.4. The van der Waals surface area contributed by atoms with E-state index in [9.17, 15) is 9.18 Å². The molecule has 7 nitrogen and oxygen atoms in total. The van der Waals surface area contributed by atoms with E-state index < -0.39 is 5.82 Å². The lowest BCUT2D eigenvalue weighted by Gasteiger charge is -2.35. The molecule has 0 aliphatic carbocycles. The lowest BCUT2D eigenvalue weighted by atomic mass is 9.99. The molecule has 188 valence electrons. The highest BCUT2D eigenvalue weighted by Gasteiger charge is 2.34. The van der Waals surface area contributed by atoms with Gasteiger partial charge in [0.05, 0.1) is 29.9 Å². The Bertz CT molecular complexity index is 1420. The van der Waals surface area contributed by atoms with Gasteiger partial charge in [-0.1, -0.05) is 25.1 Å². The van der Waals surface area contributed by atoms with Crippen molar-refractivity contribution in [3.8, 4) is 16.9 Å². The molecule has 36 heavy (non-hydrogen) atoms. The van der Waals surface area contributed by atoms with Gasteiger partial charge in [-0.05, 0) is 62.4 Å². The largest absolute Gasteiger partial charge is 0.494 e. The van der Waals surface area contributed by atoms with Crippen LogP contribution in [0, 0.1) is 25.6 Å². The summed E-state index contributed by atoms with van der Waals surface area (Å²) in [6.45, 7) is 8.92. The molecule has 5 rings (SSSR count). The quantitative estimate of drug-likeness (QED) is 0.314. The molecular formula is C28H31FN4O3. The number of rotatable bonds is 6. The number of piperidine rings is 1. The van der Waals surface area contributed by atoms with Crippen LogP contribution >= 0.6 is 0 Å². The number of fused-ring (bicyclic) bond motifs is 1. The second-order valence-electron chi connectivity index (χ2n) is 9.87. The molecule has 3 heterocycles. The fourth-order valence-electron chi connectivity index (χ4n) is 5.25. The van der Waals surface area contributed by atoms with Crippen LogP contribution in [0.4, 0.5) is 10.1 Å². The molecule has 1 saturated heterocycles. The molecule has 0 spiro atoms. The molecule has 1 aliphatic heterocycles. The number of ether oxygens (including phenoxy) is 1. The van der Waals surface area contributed by atoms with E-state index in [0.717, 1.165) is 58.8 Å². The van der Waals surface area contributed by atoms with Gasteiger partial charge < -0.3 is 18.7 Å². The van der Waals surface area contributed by atoms with E-state index in [0.29, 0.717) is 18.0 Å². The summed E-state index contributed by atoms with van der Waals surface area (Å²) in [6.07, 6.45) is 1.93. The zero-order chi connectivity index (χ0) is 25.6. The second kappa shape index (κ2) is 9.41. The SMILES string of the molecule is COc1ccc(N2C(=O)CCC[C@H]2c2nc3cc(-c4c(C)noc4C)ccc3n2CC(C)C)cc1F.